The fourth-order valence-corrected chi connectivity index (χ4v) is 4.59. The second kappa shape index (κ2) is 5.80. The largest absolute Gasteiger partial charge is 0.381 e. The van der Waals surface area contributed by atoms with Crippen LogP contribution < -0.4 is 4.72 Å². The Kier molecular flexibility index (Phi) is 5.22. The molecular weight excluding hydrogens is 294 g/mol. The van der Waals surface area contributed by atoms with Gasteiger partial charge in [0.15, 0.2) is 0 Å². The van der Waals surface area contributed by atoms with Gasteiger partial charge < -0.3 is 4.74 Å². The Hall–Kier alpha value is 0.350. The topological polar surface area (TPSA) is 55.4 Å². The van der Waals surface area contributed by atoms with E-state index in [9.17, 15) is 8.42 Å². The van der Waals surface area contributed by atoms with Crippen LogP contribution in [0.15, 0.2) is 0 Å². The Bertz CT molecular complexity index is 310. The molecule has 16 heavy (non-hydrogen) atoms. The van der Waals surface area contributed by atoms with Gasteiger partial charge >= 0.3 is 0 Å². The molecule has 0 bridgehead atoms. The van der Waals surface area contributed by atoms with Gasteiger partial charge in [-0.1, -0.05) is 15.9 Å². The third kappa shape index (κ3) is 4.31. The van der Waals surface area contributed by atoms with Gasteiger partial charge in [0.2, 0.25) is 10.0 Å². The summed E-state index contributed by atoms with van der Waals surface area (Å²) in [6.45, 7) is 4.91. The Morgan fingerprint density at radius 2 is 1.94 bits per heavy atom. The van der Waals surface area contributed by atoms with E-state index in [1.807, 2.05) is 13.8 Å². The molecule has 0 aliphatic carbocycles. The molecule has 0 amide bonds. The van der Waals surface area contributed by atoms with Gasteiger partial charge in [-0.3, -0.25) is 0 Å². The average Bonchev–Trinajstić information content (AvgIpc) is 2.17. The Balaban J connectivity index is 2.63. The molecule has 6 heteroatoms. The zero-order valence-corrected chi connectivity index (χ0v) is 12.2. The van der Waals surface area contributed by atoms with Gasteiger partial charge in [-0.05, 0) is 33.1 Å². The normalized spacial score (nSPS) is 19.9. The molecule has 1 fully saturated rings. The lowest BCUT2D eigenvalue weighted by Crippen LogP contribution is -2.48. The molecule has 1 aliphatic rings. The van der Waals surface area contributed by atoms with Crippen LogP contribution in [0.4, 0.5) is 0 Å². The lowest BCUT2D eigenvalue weighted by molar-refractivity contribution is 0.0979. The third-order valence-corrected chi connectivity index (χ3v) is 5.33. The van der Waals surface area contributed by atoms with Gasteiger partial charge in [0.05, 0.1) is 5.25 Å². The molecule has 0 spiro atoms. The highest BCUT2D eigenvalue weighted by Gasteiger charge is 2.32. The lowest BCUT2D eigenvalue weighted by atomic mass is 10.0. The van der Waals surface area contributed by atoms with Crippen LogP contribution in [0.3, 0.4) is 0 Å². The summed E-state index contributed by atoms with van der Waals surface area (Å²) in [5.74, 6) is 0. The van der Waals surface area contributed by atoms with Crippen molar-refractivity contribution in [2.24, 2.45) is 0 Å². The number of nitrogens with one attached hydrogen (secondary N) is 1. The first-order valence-electron chi connectivity index (χ1n) is 5.54. The number of halogens is 1. The van der Waals surface area contributed by atoms with E-state index in [-0.39, 0.29) is 10.8 Å². The molecule has 0 aromatic rings. The smallest absolute Gasteiger partial charge is 0.215 e. The summed E-state index contributed by atoms with van der Waals surface area (Å²) in [6.07, 6.45) is 1.97. The SMILES string of the molecule is CC(C)(CCBr)NS(=O)(=O)C1CCOCC1. The molecule has 1 heterocycles. The van der Waals surface area contributed by atoms with Crippen molar-refractivity contribution in [3.63, 3.8) is 0 Å². The van der Waals surface area contributed by atoms with Crippen molar-refractivity contribution in [2.75, 3.05) is 18.5 Å². The van der Waals surface area contributed by atoms with Gasteiger partial charge in [0.25, 0.3) is 0 Å². The molecule has 1 saturated heterocycles. The molecule has 0 radical (unpaired) electrons. The molecule has 0 aromatic heterocycles. The van der Waals surface area contributed by atoms with Gasteiger partial charge in [-0.15, -0.1) is 0 Å². The first-order chi connectivity index (χ1) is 7.37. The monoisotopic (exact) mass is 313 g/mol. The maximum atomic E-state index is 12.1. The van der Waals surface area contributed by atoms with Crippen molar-refractivity contribution in [3.8, 4) is 0 Å². The van der Waals surface area contributed by atoms with Crippen molar-refractivity contribution in [2.45, 2.75) is 43.9 Å². The van der Waals surface area contributed by atoms with Crippen molar-refractivity contribution in [1.29, 1.82) is 0 Å². The predicted molar refractivity (Wildman–Crippen MR) is 68.4 cm³/mol. The predicted octanol–water partition coefficient (Wildman–Crippen LogP) is 1.65. The van der Waals surface area contributed by atoms with Crippen LogP contribution in [0.5, 0.6) is 0 Å². The highest BCUT2D eigenvalue weighted by atomic mass is 79.9. The number of sulfonamides is 1. The van der Waals surface area contributed by atoms with E-state index in [4.69, 9.17) is 4.74 Å². The highest BCUT2D eigenvalue weighted by Crippen LogP contribution is 2.19. The molecule has 0 saturated carbocycles. The van der Waals surface area contributed by atoms with Crippen LogP contribution >= 0.6 is 15.9 Å². The summed E-state index contributed by atoms with van der Waals surface area (Å²) < 4.78 is 32.2. The van der Waals surface area contributed by atoms with Crippen LogP contribution in [0.2, 0.25) is 0 Å². The molecule has 96 valence electrons. The number of alkyl halides is 1. The molecule has 0 unspecified atom stereocenters. The first kappa shape index (κ1) is 14.4. The van der Waals surface area contributed by atoms with Crippen molar-refractivity contribution in [3.05, 3.63) is 0 Å². The van der Waals surface area contributed by atoms with Gasteiger partial charge in [-0.2, -0.15) is 0 Å². The summed E-state index contributed by atoms with van der Waals surface area (Å²) >= 11 is 3.33. The summed E-state index contributed by atoms with van der Waals surface area (Å²) in [6, 6.07) is 0. The quantitative estimate of drug-likeness (QED) is 0.785. The van der Waals surface area contributed by atoms with Gasteiger partial charge in [0, 0.05) is 24.1 Å². The molecular formula is C10H20BrNO3S. The first-order valence-corrected chi connectivity index (χ1v) is 8.21. The van der Waals surface area contributed by atoms with E-state index < -0.39 is 10.0 Å². The molecule has 0 aromatic carbocycles. The Morgan fingerprint density at radius 3 is 2.44 bits per heavy atom. The number of ether oxygens (including phenoxy) is 1. The van der Waals surface area contributed by atoms with Crippen molar-refractivity contribution < 1.29 is 13.2 Å². The average molecular weight is 314 g/mol. The van der Waals surface area contributed by atoms with Crippen molar-refractivity contribution in [1.82, 2.24) is 4.72 Å². The number of hydrogen-bond acceptors (Lipinski definition) is 3. The second-order valence-corrected chi connectivity index (χ2v) is 7.54. The summed E-state index contributed by atoms with van der Waals surface area (Å²) in [5.41, 5.74) is -0.388. The van der Waals surface area contributed by atoms with E-state index in [1.54, 1.807) is 0 Å². The zero-order chi connectivity index (χ0) is 12.2. The van der Waals surface area contributed by atoms with E-state index >= 15 is 0 Å². The van der Waals surface area contributed by atoms with E-state index in [1.165, 1.54) is 0 Å². The summed E-state index contributed by atoms with van der Waals surface area (Å²) in [5, 5.41) is 0.492. The highest BCUT2D eigenvalue weighted by molar-refractivity contribution is 9.09. The van der Waals surface area contributed by atoms with E-state index in [0.717, 1.165) is 11.8 Å². The second-order valence-electron chi connectivity index (χ2n) is 4.78. The van der Waals surface area contributed by atoms with E-state index in [0.29, 0.717) is 26.1 Å². The van der Waals surface area contributed by atoms with Crippen LogP contribution in [0.1, 0.15) is 33.1 Å². The molecule has 0 atom stereocenters. The molecule has 4 nitrogen and oxygen atoms in total. The standard InChI is InChI=1S/C10H20BrNO3S/c1-10(2,5-6-11)12-16(13,14)9-3-7-15-8-4-9/h9,12H,3-8H2,1-2H3. The minimum absolute atomic E-state index is 0.296. The fraction of sp³-hybridized carbons (Fsp3) is 1.00. The van der Waals surface area contributed by atoms with E-state index in [2.05, 4.69) is 20.7 Å². The lowest BCUT2D eigenvalue weighted by Gasteiger charge is -2.29. The number of rotatable bonds is 5. The third-order valence-electron chi connectivity index (χ3n) is 2.75. The Labute approximate surface area is 106 Å². The summed E-state index contributed by atoms with van der Waals surface area (Å²) in [7, 11) is -3.21. The number of hydrogen-bond donors (Lipinski definition) is 1. The van der Waals surface area contributed by atoms with Crippen LogP contribution in [0, 0.1) is 0 Å². The van der Waals surface area contributed by atoms with Gasteiger partial charge in [0.1, 0.15) is 0 Å². The minimum Gasteiger partial charge on any atom is -0.381 e. The Morgan fingerprint density at radius 1 is 1.38 bits per heavy atom. The zero-order valence-electron chi connectivity index (χ0n) is 9.83. The maximum Gasteiger partial charge on any atom is 0.215 e. The molecule has 1 rings (SSSR count). The minimum atomic E-state index is -3.21. The molecule has 1 N–H and O–H groups in total. The maximum absolute atomic E-state index is 12.1. The molecule has 1 aliphatic heterocycles. The van der Waals surface area contributed by atoms with Crippen molar-refractivity contribution >= 4 is 26.0 Å². The van der Waals surface area contributed by atoms with Crippen LogP contribution in [-0.4, -0.2) is 37.8 Å². The summed E-state index contributed by atoms with van der Waals surface area (Å²) in [4.78, 5) is 0. The van der Waals surface area contributed by atoms with Crippen LogP contribution in [0.25, 0.3) is 0 Å². The van der Waals surface area contributed by atoms with Crippen LogP contribution in [-0.2, 0) is 14.8 Å². The van der Waals surface area contributed by atoms with Gasteiger partial charge in [-0.25, -0.2) is 13.1 Å². The fourth-order valence-electron chi connectivity index (χ4n) is 1.74.